The van der Waals surface area contributed by atoms with Crippen LogP contribution < -0.4 is 9.80 Å². The number of aromatic nitrogens is 2. The van der Waals surface area contributed by atoms with E-state index in [1.165, 1.54) is 12.1 Å². The van der Waals surface area contributed by atoms with E-state index in [-0.39, 0.29) is 17.6 Å². The van der Waals surface area contributed by atoms with Gasteiger partial charge in [0, 0.05) is 71.2 Å². The van der Waals surface area contributed by atoms with Gasteiger partial charge < -0.3 is 14.7 Å². The predicted octanol–water partition coefficient (Wildman–Crippen LogP) is 5.06. The van der Waals surface area contributed by atoms with Gasteiger partial charge in [-0.2, -0.15) is 0 Å². The summed E-state index contributed by atoms with van der Waals surface area (Å²) in [4.78, 5) is 44.4. The van der Waals surface area contributed by atoms with Crippen LogP contribution in [-0.4, -0.2) is 70.9 Å². The average Bonchev–Trinajstić information content (AvgIpc) is 3.01. The Morgan fingerprint density at radius 3 is 2.40 bits per heavy atom. The lowest BCUT2D eigenvalue weighted by Crippen LogP contribution is -2.39. The van der Waals surface area contributed by atoms with Crippen molar-refractivity contribution in [2.45, 2.75) is 53.1 Å². The highest BCUT2D eigenvalue weighted by Gasteiger charge is 2.26. The molecule has 8 nitrogen and oxygen atoms in total. The van der Waals surface area contributed by atoms with Gasteiger partial charge in [-0.05, 0) is 61.4 Å². The minimum atomic E-state index is -0.263. The van der Waals surface area contributed by atoms with Crippen molar-refractivity contribution in [3.05, 3.63) is 82.9 Å². The first-order valence-corrected chi connectivity index (χ1v) is 15.0. The van der Waals surface area contributed by atoms with Crippen LogP contribution in [0.15, 0.2) is 54.7 Å². The monoisotopic (exact) mass is 572 g/mol. The SMILES string of the molecule is CC(=O)N1CCCN(Cc2ccc(F)cc2)CCN(C(=O)c2cnc(N3CCC(C)CC3)nc2C)Cc2ccccc21. The molecule has 222 valence electrons. The molecule has 0 aliphatic carbocycles. The van der Waals surface area contributed by atoms with E-state index in [4.69, 9.17) is 4.98 Å². The van der Waals surface area contributed by atoms with Gasteiger partial charge in [0.1, 0.15) is 5.82 Å². The Bertz CT molecular complexity index is 1390. The number of hydrogen-bond acceptors (Lipinski definition) is 6. The van der Waals surface area contributed by atoms with Crippen LogP contribution in [-0.2, 0) is 17.9 Å². The van der Waals surface area contributed by atoms with Gasteiger partial charge in [-0.1, -0.05) is 37.3 Å². The third-order valence-corrected chi connectivity index (χ3v) is 8.44. The van der Waals surface area contributed by atoms with E-state index in [0.717, 1.165) is 55.7 Å². The second-order valence-electron chi connectivity index (χ2n) is 11.6. The van der Waals surface area contributed by atoms with Crippen LogP contribution in [0.5, 0.6) is 0 Å². The number of halogens is 1. The molecule has 0 radical (unpaired) electrons. The van der Waals surface area contributed by atoms with Crippen LogP contribution in [0.2, 0.25) is 0 Å². The Hall–Kier alpha value is -3.85. The molecule has 3 aromatic rings. The van der Waals surface area contributed by atoms with Crippen molar-refractivity contribution in [1.29, 1.82) is 0 Å². The van der Waals surface area contributed by atoms with Crippen molar-refractivity contribution in [3.63, 3.8) is 0 Å². The number of carbonyl (C=O) groups is 2. The third kappa shape index (κ3) is 7.13. The largest absolute Gasteiger partial charge is 0.341 e. The molecular formula is C33H41FN6O2. The standard InChI is InChI=1S/C33H41FN6O2/c1-24-13-17-38(18-14-24)33-35-21-30(25(2)36-33)32(42)39-20-19-37(22-27-9-11-29(34)12-10-27)15-6-16-40(26(3)41)31-8-5-4-7-28(31)23-39/h4-5,7-12,21,24H,6,13-20,22-23H2,1-3H3. The predicted molar refractivity (Wildman–Crippen MR) is 163 cm³/mol. The summed E-state index contributed by atoms with van der Waals surface area (Å²) in [5.74, 6) is 0.966. The molecule has 5 rings (SSSR count). The summed E-state index contributed by atoms with van der Waals surface area (Å²) < 4.78 is 13.5. The van der Waals surface area contributed by atoms with Crippen LogP contribution in [0, 0.1) is 18.7 Å². The number of nitrogens with zero attached hydrogens (tertiary/aromatic N) is 6. The zero-order valence-electron chi connectivity index (χ0n) is 24.9. The summed E-state index contributed by atoms with van der Waals surface area (Å²) in [5, 5.41) is 0. The maximum absolute atomic E-state index is 14.1. The van der Waals surface area contributed by atoms with Crippen LogP contribution in [0.1, 0.15) is 60.3 Å². The highest BCUT2D eigenvalue weighted by atomic mass is 19.1. The summed E-state index contributed by atoms with van der Waals surface area (Å²) in [5.41, 5.74) is 3.91. The molecule has 2 amide bonds. The highest BCUT2D eigenvalue weighted by molar-refractivity contribution is 5.95. The van der Waals surface area contributed by atoms with E-state index in [1.54, 1.807) is 25.3 Å². The van der Waals surface area contributed by atoms with Gasteiger partial charge in [0.15, 0.2) is 0 Å². The van der Waals surface area contributed by atoms with Crippen molar-refractivity contribution in [3.8, 4) is 0 Å². The third-order valence-electron chi connectivity index (χ3n) is 8.44. The maximum Gasteiger partial charge on any atom is 0.257 e. The number of fused-ring (bicyclic) bond motifs is 1. The molecule has 0 N–H and O–H groups in total. The number of carbonyl (C=O) groups excluding carboxylic acids is 2. The number of benzene rings is 2. The summed E-state index contributed by atoms with van der Waals surface area (Å²) >= 11 is 0. The van der Waals surface area contributed by atoms with E-state index in [9.17, 15) is 14.0 Å². The van der Waals surface area contributed by atoms with E-state index < -0.39 is 0 Å². The Kier molecular flexibility index (Phi) is 9.47. The van der Waals surface area contributed by atoms with Gasteiger partial charge >= 0.3 is 0 Å². The fraction of sp³-hybridized carbons (Fsp3) is 0.455. The van der Waals surface area contributed by atoms with Crippen molar-refractivity contribution in [2.24, 2.45) is 5.92 Å². The molecule has 2 aliphatic rings. The summed E-state index contributed by atoms with van der Waals surface area (Å²) in [6.45, 7) is 11.0. The topological polar surface area (TPSA) is 72.9 Å². The van der Waals surface area contributed by atoms with Gasteiger partial charge in [-0.25, -0.2) is 14.4 Å². The molecule has 9 heteroatoms. The fourth-order valence-electron chi connectivity index (χ4n) is 5.84. The normalized spacial score (nSPS) is 17.5. The molecule has 42 heavy (non-hydrogen) atoms. The second-order valence-corrected chi connectivity index (χ2v) is 11.6. The molecule has 0 unspecified atom stereocenters. The molecule has 0 spiro atoms. The lowest BCUT2D eigenvalue weighted by molar-refractivity contribution is -0.116. The summed E-state index contributed by atoms with van der Waals surface area (Å²) in [6.07, 6.45) is 4.67. The van der Waals surface area contributed by atoms with E-state index >= 15 is 0 Å². The quantitative estimate of drug-likeness (QED) is 0.435. The molecule has 1 saturated heterocycles. The minimum Gasteiger partial charge on any atom is -0.341 e. The number of anilines is 2. The van der Waals surface area contributed by atoms with Crippen LogP contribution in [0.3, 0.4) is 0 Å². The lowest BCUT2D eigenvalue weighted by Gasteiger charge is -2.31. The molecule has 0 atom stereocenters. The van der Waals surface area contributed by atoms with E-state index in [1.807, 2.05) is 41.0 Å². The Labute approximate surface area is 248 Å². The lowest BCUT2D eigenvalue weighted by atomic mass is 10.00. The van der Waals surface area contributed by atoms with Crippen LogP contribution in [0.4, 0.5) is 16.0 Å². The van der Waals surface area contributed by atoms with Gasteiger partial charge in [0.05, 0.1) is 11.3 Å². The zero-order chi connectivity index (χ0) is 29.6. The number of hydrogen-bond donors (Lipinski definition) is 0. The molecular weight excluding hydrogens is 531 g/mol. The first-order chi connectivity index (χ1) is 20.3. The molecule has 3 heterocycles. The maximum atomic E-state index is 14.1. The van der Waals surface area contributed by atoms with E-state index in [0.29, 0.717) is 55.8 Å². The van der Waals surface area contributed by atoms with Gasteiger partial charge in [0.2, 0.25) is 11.9 Å². The average molecular weight is 573 g/mol. The fourth-order valence-corrected chi connectivity index (χ4v) is 5.84. The molecule has 1 aromatic heterocycles. The first kappa shape index (κ1) is 29.6. The van der Waals surface area contributed by atoms with Gasteiger partial charge in [-0.15, -0.1) is 0 Å². The van der Waals surface area contributed by atoms with Gasteiger partial charge in [-0.3, -0.25) is 14.5 Å². The summed E-state index contributed by atoms with van der Waals surface area (Å²) in [6, 6.07) is 14.4. The van der Waals surface area contributed by atoms with Crippen LogP contribution >= 0.6 is 0 Å². The van der Waals surface area contributed by atoms with Crippen molar-refractivity contribution in [1.82, 2.24) is 19.8 Å². The number of piperidine rings is 1. The smallest absolute Gasteiger partial charge is 0.257 e. The van der Waals surface area contributed by atoms with Crippen molar-refractivity contribution >= 4 is 23.5 Å². The molecule has 0 bridgehead atoms. The number of amides is 2. The Balaban J connectivity index is 1.43. The first-order valence-electron chi connectivity index (χ1n) is 15.0. The number of rotatable bonds is 4. The summed E-state index contributed by atoms with van der Waals surface area (Å²) in [7, 11) is 0. The van der Waals surface area contributed by atoms with Crippen LogP contribution in [0.25, 0.3) is 0 Å². The highest BCUT2D eigenvalue weighted by Crippen LogP contribution is 2.26. The van der Waals surface area contributed by atoms with Crippen molar-refractivity contribution in [2.75, 3.05) is 49.1 Å². The molecule has 1 fully saturated rings. The van der Waals surface area contributed by atoms with Crippen molar-refractivity contribution < 1.29 is 14.0 Å². The number of aryl methyl sites for hydroxylation is 1. The Morgan fingerprint density at radius 2 is 1.69 bits per heavy atom. The van der Waals surface area contributed by atoms with E-state index in [2.05, 4.69) is 21.7 Å². The molecule has 2 aromatic carbocycles. The van der Waals surface area contributed by atoms with Gasteiger partial charge in [0.25, 0.3) is 5.91 Å². The minimum absolute atomic E-state index is 0.0309. The number of para-hydroxylation sites is 1. The zero-order valence-corrected chi connectivity index (χ0v) is 24.9. The molecule has 2 aliphatic heterocycles. The second kappa shape index (κ2) is 13.4. The Morgan fingerprint density at radius 1 is 0.952 bits per heavy atom. The molecule has 0 saturated carbocycles.